The summed E-state index contributed by atoms with van der Waals surface area (Å²) < 4.78 is 2.76. The SMILES string of the molecule is CC1CC=c2sc3ccccc3c2=C1c1ccc(N(c2ccc3c(c2)C(C)(C)c2cc(-c4ccccc4)ccc2-3)c2cccc3c2-c2ccccc2C32c3ccccc3-c3ccc(-c4ccccc4)cc32)cc1. The van der Waals surface area contributed by atoms with E-state index in [1.807, 2.05) is 11.3 Å². The van der Waals surface area contributed by atoms with Gasteiger partial charge in [-0.3, -0.25) is 0 Å². The minimum Gasteiger partial charge on any atom is -0.310 e. The fourth-order valence-electron chi connectivity index (χ4n) is 13.6. The molecule has 0 saturated carbocycles. The fraction of sp³-hybridized carbons (Fsp3) is 0.0986. The van der Waals surface area contributed by atoms with Gasteiger partial charge in [0.25, 0.3) is 0 Å². The van der Waals surface area contributed by atoms with Gasteiger partial charge < -0.3 is 4.90 Å². The molecule has 1 aromatic heterocycles. The number of hydrogen-bond donors (Lipinski definition) is 0. The monoisotopic (exact) mass is 949 g/mol. The Hall–Kier alpha value is -8.30. The van der Waals surface area contributed by atoms with E-state index in [-0.39, 0.29) is 5.41 Å². The topological polar surface area (TPSA) is 3.24 Å². The van der Waals surface area contributed by atoms with Crippen molar-refractivity contribution in [2.45, 2.75) is 38.0 Å². The van der Waals surface area contributed by atoms with E-state index >= 15 is 0 Å². The molecule has 1 heterocycles. The van der Waals surface area contributed by atoms with E-state index in [4.69, 9.17) is 0 Å². The fourth-order valence-corrected chi connectivity index (χ4v) is 14.8. The Bertz CT molecular complexity index is 4210. The third-order valence-corrected chi connectivity index (χ3v) is 18.1. The van der Waals surface area contributed by atoms with Crippen molar-refractivity contribution >= 4 is 50.1 Å². The molecule has 4 aliphatic carbocycles. The third-order valence-electron chi connectivity index (χ3n) is 16.9. The van der Waals surface area contributed by atoms with Crippen LogP contribution in [0.25, 0.3) is 77.4 Å². The predicted molar refractivity (Wildman–Crippen MR) is 308 cm³/mol. The van der Waals surface area contributed by atoms with Crippen molar-refractivity contribution in [3.63, 3.8) is 0 Å². The zero-order chi connectivity index (χ0) is 48.6. The molecule has 0 amide bonds. The average molecular weight is 950 g/mol. The predicted octanol–water partition coefficient (Wildman–Crippen LogP) is 17.4. The second-order valence-electron chi connectivity index (χ2n) is 21.1. The van der Waals surface area contributed by atoms with Crippen LogP contribution in [0.15, 0.2) is 231 Å². The molecule has 4 aliphatic rings. The van der Waals surface area contributed by atoms with Crippen LogP contribution in [0, 0.1) is 5.92 Å². The summed E-state index contributed by atoms with van der Waals surface area (Å²) in [5, 5.41) is 2.78. The van der Waals surface area contributed by atoms with Crippen molar-refractivity contribution in [2.24, 2.45) is 5.92 Å². The van der Waals surface area contributed by atoms with Crippen LogP contribution in [0.5, 0.6) is 0 Å². The van der Waals surface area contributed by atoms with Crippen LogP contribution in [0.3, 0.4) is 0 Å². The average Bonchev–Trinajstić information content (AvgIpc) is 4.15. The summed E-state index contributed by atoms with van der Waals surface area (Å²) in [5.74, 6) is 0.403. The van der Waals surface area contributed by atoms with E-state index in [0.29, 0.717) is 5.92 Å². The van der Waals surface area contributed by atoms with E-state index in [1.165, 1.54) is 126 Å². The lowest BCUT2D eigenvalue weighted by Gasteiger charge is -2.32. The molecular weight excluding hydrogens is 899 g/mol. The van der Waals surface area contributed by atoms with Crippen molar-refractivity contribution in [3.05, 3.63) is 279 Å². The highest BCUT2D eigenvalue weighted by atomic mass is 32.1. The molecule has 0 saturated heterocycles. The molecule has 0 radical (unpaired) electrons. The normalized spacial score (nSPS) is 17.0. The molecule has 2 heteroatoms. The lowest BCUT2D eigenvalue weighted by Crippen LogP contribution is -2.29. The van der Waals surface area contributed by atoms with Crippen LogP contribution < -0.4 is 14.7 Å². The third kappa shape index (κ3) is 6.02. The van der Waals surface area contributed by atoms with Crippen LogP contribution in [0.1, 0.15) is 66.1 Å². The Labute approximate surface area is 431 Å². The molecule has 0 fully saturated rings. The highest BCUT2D eigenvalue weighted by molar-refractivity contribution is 7.17. The Morgan fingerprint density at radius 3 is 1.68 bits per heavy atom. The van der Waals surface area contributed by atoms with E-state index in [9.17, 15) is 0 Å². The molecule has 0 aliphatic heterocycles. The Morgan fingerprint density at radius 1 is 0.425 bits per heavy atom. The van der Waals surface area contributed by atoms with Gasteiger partial charge in [0.2, 0.25) is 0 Å². The van der Waals surface area contributed by atoms with Crippen molar-refractivity contribution in [1.29, 1.82) is 0 Å². The number of hydrogen-bond acceptors (Lipinski definition) is 2. The van der Waals surface area contributed by atoms with Gasteiger partial charge in [0.1, 0.15) is 0 Å². The van der Waals surface area contributed by atoms with Crippen molar-refractivity contribution in [2.75, 3.05) is 4.90 Å². The zero-order valence-corrected chi connectivity index (χ0v) is 42.0. The van der Waals surface area contributed by atoms with Crippen LogP contribution in [-0.4, -0.2) is 0 Å². The second-order valence-corrected chi connectivity index (χ2v) is 22.2. The molecule has 1 spiro atoms. The minimum atomic E-state index is -0.516. The molecule has 10 aromatic carbocycles. The maximum atomic E-state index is 2.57. The lowest BCUT2D eigenvalue weighted by molar-refractivity contribution is 0.660. The molecule has 15 rings (SSSR count). The van der Waals surface area contributed by atoms with Crippen molar-refractivity contribution in [3.8, 4) is 55.6 Å². The summed E-state index contributed by atoms with van der Waals surface area (Å²) in [6.45, 7) is 7.23. The minimum absolute atomic E-state index is 0.226. The van der Waals surface area contributed by atoms with Crippen LogP contribution >= 0.6 is 11.3 Å². The van der Waals surface area contributed by atoms with Gasteiger partial charge in [0.05, 0.1) is 11.1 Å². The molecule has 73 heavy (non-hydrogen) atoms. The number of fused-ring (bicyclic) bond motifs is 16. The summed E-state index contributed by atoms with van der Waals surface area (Å²) in [4.78, 5) is 2.57. The van der Waals surface area contributed by atoms with Crippen molar-refractivity contribution in [1.82, 2.24) is 0 Å². The number of rotatable bonds is 6. The maximum Gasteiger partial charge on any atom is 0.0726 e. The second kappa shape index (κ2) is 15.8. The molecule has 1 nitrogen and oxygen atoms in total. The van der Waals surface area contributed by atoms with Gasteiger partial charge >= 0.3 is 0 Å². The number of anilines is 3. The van der Waals surface area contributed by atoms with Gasteiger partial charge in [-0.1, -0.05) is 209 Å². The lowest BCUT2D eigenvalue weighted by atomic mass is 9.70. The van der Waals surface area contributed by atoms with Crippen LogP contribution in [-0.2, 0) is 10.8 Å². The Morgan fingerprint density at radius 2 is 0.959 bits per heavy atom. The van der Waals surface area contributed by atoms with Gasteiger partial charge in [-0.15, -0.1) is 11.3 Å². The molecule has 0 N–H and O–H groups in total. The molecule has 0 bridgehead atoms. The highest BCUT2D eigenvalue weighted by Gasteiger charge is 2.52. The Kier molecular flexibility index (Phi) is 9.20. The van der Waals surface area contributed by atoms with E-state index in [0.717, 1.165) is 17.8 Å². The maximum absolute atomic E-state index is 2.57. The van der Waals surface area contributed by atoms with Gasteiger partial charge in [-0.05, 0) is 155 Å². The van der Waals surface area contributed by atoms with Gasteiger partial charge in [0.15, 0.2) is 0 Å². The van der Waals surface area contributed by atoms with Gasteiger partial charge in [0, 0.05) is 42.2 Å². The van der Waals surface area contributed by atoms with E-state index < -0.39 is 5.41 Å². The first-order valence-corrected chi connectivity index (χ1v) is 26.7. The molecule has 2 unspecified atom stereocenters. The number of thiophene rings is 1. The summed E-state index contributed by atoms with van der Waals surface area (Å²) >= 11 is 1.93. The largest absolute Gasteiger partial charge is 0.310 e. The standard InChI is InChI=1S/C71H51NS/c1-44-29-40-66-69(57-23-12-15-28-65(57)73-66)67(44)47-30-34-50(35-31-47)72(51-36-39-54-53-37-32-48(45-17-6-4-7-18-45)41-61(53)70(2,3)62(54)43-51)64-27-16-26-60-68(64)56-22-11-14-25-59(56)71(60)58-24-13-10-21-52(58)55-38-33-49(42-63(55)71)46-19-8-5-9-20-46/h4-28,30-44H,29H2,1-3H3. The van der Waals surface area contributed by atoms with Crippen molar-refractivity contribution < 1.29 is 0 Å². The molecule has 2 atom stereocenters. The Balaban J connectivity index is 0.962. The smallest absolute Gasteiger partial charge is 0.0726 e. The quantitative estimate of drug-likeness (QED) is 0.161. The number of nitrogens with zero attached hydrogens (tertiary/aromatic N) is 1. The summed E-state index contributed by atoms with van der Waals surface area (Å²) in [5.41, 5.74) is 26.3. The van der Waals surface area contributed by atoms with Gasteiger partial charge in [-0.25, -0.2) is 0 Å². The van der Waals surface area contributed by atoms with Crippen LogP contribution in [0.4, 0.5) is 17.1 Å². The summed E-state index contributed by atoms with van der Waals surface area (Å²) in [7, 11) is 0. The van der Waals surface area contributed by atoms with Gasteiger partial charge in [-0.2, -0.15) is 0 Å². The summed E-state index contributed by atoms with van der Waals surface area (Å²) in [6, 6.07) is 87.3. The molecule has 11 aromatic rings. The first-order valence-electron chi connectivity index (χ1n) is 25.9. The first-order chi connectivity index (χ1) is 35.9. The van der Waals surface area contributed by atoms with Crippen LogP contribution in [0.2, 0.25) is 0 Å². The zero-order valence-electron chi connectivity index (χ0n) is 41.2. The van der Waals surface area contributed by atoms with E-state index in [2.05, 4.69) is 262 Å². The molecular formula is C71H51NS. The molecule has 346 valence electrons. The van der Waals surface area contributed by atoms with E-state index in [1.54, 1.807) is 0 Å². The number of benzene rings is 10. The summed E-state index contributed by atoms with van der Waals surface area (Å²) in [6.07, 6.45) is 3.50. The highest BCUT2D eigenvalue weighted by Crippen LogP contribution is 2.65. The first kappa shape index (κ1) is 42.4.